The molecule has 0 bridgehead atoms. The number of rotatable bonds is 6. The van der Waals surface area contributed by atoms with Crippen molar-refractivity contribution in [2.45, 2.75) is 12.5 Å². The van der Waals surface area contributed by atoms with Crippen LogP contribution in [-0.4, -0.2) is 28.3 Å². The number of carbonyl (C=O) groups excluding carboxylic acids is 1. The Morgan fingerprint density at radius 3 is 2.92 bits per heavy atom. The summed E-state index contributed by atoms with van der Waals surface area (Å²) >= 11 is 7.42. The number of hydrogen-bond acceptors (Lipinski definition) is 4. The average Bonchev–Trinajstić information content (AvgIpc) is 3.22. The van der Waals surface area contributed by atoms with E-state index in [4.69, 9.17) is 17.3 Å². The molecule has 0 radical (unpaired) electrons. The molecule has 25 heavy (non-hydrogen) atoms. The molecule has 1 atom stereocenters. The number of nitrogens with one attached hydrogen (secondary N) is 1. The van der Waals surface area contributed by atoms with E-state index in [0.717, 1.165) is 16.8 Å². The Morgan fingerprint density at radius 2 is 2.24 bits per heavy atom. The number of halogens is 1. The Hall–Kier alpha value is -2.15. The third-order valence-corrected chi connectivity index (χ3v) is 5.09. The second kappa shape index (κ2) is 7.82. The Morgan fingerprint density at radius 1 is 1.40 bits per heavy atom. The maximum absolute atomic E-state index is 12.5. The van der Waals surface area contributed by atoms with Crippen LogP contribution in [-0.2, 0) is 13.5 Å². The van der Waals surface area contributed by atoms with Crippen LogP contribution < -0.4 is 11.1 Å². The number of nitrogens with zero attached hydrogens (tertiary/aromatic N) is 2. The smallest absolute Gasteiger partial charge is 0.261 e. The average molecular weight is 375 g/mol. The molecule has 3 aromatic rings. The number of hydrogen-bond donors (Lipinski definition) is 2. The van der Waals surface area contributed by atoms with Crippen LogP contribution in [0.3, 0.4) is 0 Å². The zero-order valence-corrected chi connectivity index (χ0v) is 15.3. The van der Waals surface area contributed by atoms with Crippen LogP contribution in [0.25, 0.3) is 11.3 Å². The maximum Gasteiger partial charge on any atom is 0.261 e. The summed E-state index contributed by atoms with van der Waals surface area (Å²) in [6, 6.07) is 11.2. The highest BCUT2D eigenvalue weighted by Gasteiger charge is 2.16. The number of thiophene rings is 1. The maximum atomic E-state index is 12.5. The Kier molecular flexibility index (Phi) is 5.53. The second-order valence-corrected chi connectivity index (χ2v) is 7.13. The highest BCUT2D eigenvalue weighted by Crippen LogP contribution is 2.25. The van der Waals surface area contributed by atoms with E-state index in [9.17, 15) is 4.79 Å². The minimum atomic E-state index is -0.145. The molecular formula is C18H19ClN4OS. The van der Waals surface area contributed by atoms with Crippen molar-refractivity contribution in [3.05, 3.63) is 63.4 Å². The predicted molar refractivity (Wildman–Crippen MR) is 102 cm³/mol. The van der Waals surface area contributed by atoms with Gasteiger partial charge in [0.25, 0.3) is 5.91 Å². The first-order valence-corrected chi connectivity index (χ1v) is 9.15. The van der Waals surface area contributed by atoms with E-state index in [-0.39, 0.29) is 11.9 Å². The molecular weight excluding hydrogens is 356 g/mol. The van der Waals surface area contributed by atoms with Crippen molar-refractivity contribution in [2.24, 2.45) is 12.8 Å². The molecule has 0 saturated heterocycles. The number of amides is 1. The van der Waals surface area contributed by atoms with Gasteiger partial charge in [0.2, 0.25) is 0 Å². The van der Waals surface area contributed by atoms with E-state index in [0.29, 0.717) is 22.9 Å². The molecule has 7 heteroatoms. The minimum Gasteiger partial charge on any atom is -0.347 e. The molecule has 130 valence electrons. The SMILES string of the molecule is Cn1nccc1-c1csc(C(=O)N[C@H](CN)Cc2cccc(Cl)c2)c1. The van der Waals surface area contributed by atoms with Gasteiger partial charge >= 0.3 is 0 Å². The molecule has 2 aromatic heterocycles. The number of aryl methyl sites for hydroxylation is 1. The fourth-order valence-corrected chi connectivity index (χ4v) is 3.66. The van der Waals surface area contributed by atoms with Gasteiger partial charge in [0.15, 0.2) is 0 Å². The quantitative estimate of drug-likeness (QED) is 0.696. The van der Waals surface area contributed by atoms with Gasteiger partial charge in [-0.05, 0) is 36.2 Å². The topological polar surface area (TPSA) is 72.9 Å². The summed E-state index contributed by atoms with van der Waals surface area (Å²) in [6.45, 7) is 0.359. The predicted octanol–water partition coefficient (Wildman–Crippen LogP) is 3.10. The van der Waals surface area contributed by atoms with Crippen molar-refractivity contribution in [1.29, 1.82) is 0 Å². The summed E-state index contributed by atoms with van der Waals surface area (Å²) < 4.78 is 1.78. The zero-order valence-electron chi connectivity index (χ0n) is 13.8. The summed E-state index contributed by atoms with van der Waals surface area (Å²) in [5, 5.41) is 9.80. The fourth-order valence-electron chi connectivity index (χ4n) is 2.64. The molecule has 0 aliphatic rings. The number of nitrogens with two attached hydrogens (primary N) is 1. The van der Waals surface area contributed by atoms with Gasteiger partial charge in [0.05, 0.1) is 10.6 Å². The van der Waals surface area contributed by atoms with Crippen molar-refractivity contribution in [1.82, 2.24) is 15.1 Å². The lowest BCUT2D eigenvalue weighted by Gasteiger charge is -2.16. The van der Waals surface area contributed by atoms with Gasteiger partial charge < -0.3 is 11.1 Å². The normalized spacial score (nSPS) is 12.1. The van der Waals surface area contributed by atoms with Gasteiger partial charge in [-0.3, -0.25) is 9.48 Å². The second-order valence-electron chi connectivity index (χ2n) is 5.78. The molecule has 1 amide bonds. The van der Waals surface area contributed by atoms with Gasteiger partial charge in [0.1, 0.15) is 0 Å². The van der Waals surface area contributed by atoms with Crippen LogP contribution >= 0.6 is 22.9 Å². The zero-order chi connectivity index (χ0) is 17.8. The summed E-state index contributed by atoms with van der Waals surface area (Å²) in [7, 11) is 1.88. The molecule has 0 unspecified atom stereocenters. The Labute approximate surface area is 155 Å². The van der Waals surface area contributed by atoms with Gasteiger partial charge in [-0.25, -0.2) is 0 Å². The Bertz CT molecular complexity index is 873. The fraction of sp³-hybridized carbons (Fsp3) is 0.222. The largest absolute Gasteiger partial charge is 0.347 e. The van der Waals surface area contributed by atoms with Crippen LogP contribution in [0.15, 0.2) is 48.0 Å². The molecule has 5 nitrogen and oxygen atoms in total. The first-order valence-electron chi connectivity index (χ1n) is 7.89. The highest BCUT2D eigenvalue weighted by atomic mass is 35.5. The minimum absolute atomic E-state index is 0.115. The molecule has 0 aliphatic heterocycles. The first-order chi connectivity index (χ1) is 12.1. The lowest BCUT2D eigenvalue weighted by atomic mass is 10.1. The molecule has 3 N–H and O–H groups in total. The van der Waals surface area contributed by atoms with Crippen LogP contribution in [0, 0.1) is 0 Å². The van der Waals surface area contributed by atoms with Gasteiger partial charge in [-0.2, -0.15) is 5.10 Å². The van der Waals surface area contributed by atoms with E-state index < -0.39 is 0 Å². The van der Waals surface area contributed by atoms with Gasteiger partial charge in [-0.15, -0.1) is 11.3 Å². The third kappa shape index (κ3) is 4.28. The van der Waals surface area contributed by atoms with Crippen LogP contribution in [0.1, 0.15) is 15.2 Å². The molecule has 0 saturated carbocycles. The van der Waals surface area contributed by atoms with E-state index in [1.54, 1.807) is 10.9 Å². The summed E-state index contributed by atoms with van der Waals surface area (Å²) in [4.78, 5) is 13.2. The van der Waals surface area contributed by atoms with Crippen molar-refractivity contribution < 1.29 is 4.79 Å². The van der Waals surface area contributed by atoms with E-state index in [2.05, 4.69) is 10.4 Å². The van der Waals surface area contributed by atoms with E-state index >= 15 is 0 Å². The number of carbonyl (C=O) groups is 1. The molecule has 1 aromatic carbocycles. The molecule has 0 fully saturated rings. The van der Waals surface area contributed by atoms with Crippen LogP contribution in [0.2, 0.25) is 5.02 Å². The van der Waals surface area contributed by atoms with Crippen molar-refractivity contribution in [2.75, 3.05) is 6.54 Å². The molecule has 3 rings (SSSR count). The van der Waals surface area contributed by atoms with E-state index in [1.807, 2.05) is 48.8 Å². The summed E-state index contributed by atoms with van der Waals surface area (Å²) in [5.41, 5.74) is 8.83. The number of benzene rings is 1. The molecule has 0 spiro atoms. The monoisotopic (exact) mass is 374 g/mol. The van der Waals surface area contributed by atoms with Crippen LogP contribution in [0.5, 0.6) is 0 Å². The standard InChI is InChI=1S/C18H19ClN4OS/c1-23-16(5-6-21-23)13-9-17(25-11-13)18(24)22-15(10-20)8-12-3-2-4-14(19)7-12/h2-7,9,11,15H,8,10,20H2,1H3,(H,22,24)/t15-/m0/s1. The lowest BCUT2D eigenvalue weighted by Crippen LogP contribution is -2.41. The van der Waals surface area contributed by atoms with E-state index in [1.165, 1.54) is 11.3 Å². The summed E-state index contributed by atoms with van der Waals surface area (Å²) in [6.07, 6.45) is 2.38. The van der Waals surface area contributed by atoms with Crippen LogP contribution in [0.4, 0.5) is 0 Å². The van der Waals surface area contributed by atoms with Gasteiger partial charge in [0, 0.05) is 41.8 Å². The Balaban J connectivity index is 1.68. The molecule has 2 heterocycles. The molecule has 0 aliphatic carbocycles. The van der Waals surface area contributed by atoms with Crippen molar-refractivity contribution in [3.63, 3.8) is 0 Å². The first kappa shape index (κ1) is 17.7. The number of aromatic nitrogens is 2. The van der Waals surface area contributed by atoms with Crippen molar-refractivity contribution >= 4 is 28.8 Å². The lowest BCUT2D eigenvalue weighted by molar-refractivity contribution is 0.0942. The summed E-state index contributed by atoms with van der Waals surface area (Å²) in [5.74, 6) is -0.115. The highest BCUT2D eigenvalue weighted by molar-refractivity contribution is 7.12. The third-order valence-electron chi connectivity index (χ3n) is 3.93. The van der Waals surface area contributed by atoms with Crippen molar-refractivity contribution in [3.8, 4) is 11.3 Å². The van der Waals surface area contributed by atoms with Gasteiger partial charge in [-0.1, -0.05) is 23.7 Å².